The molecule has 178 valence electrons. The maximum Gasteiger partial charge on any atom is 0.338 e. The Morgan fingerprint density at radius 3 is 2.32 bits per heavy atom. The lowest BCUT2D eigenvalue weighted by Gasteiger charge is -2.23. The molecule has 10 nitrogen and oxygen atoms in total. The minimum absolute atomic E-state index is 0.0684. The molecule has 3 N–H and O–H groups in total. The van der Waals surface area contributed by atoms with E-state index in [2.05, 4.69) is 4.98 Å². The van der Waals surface area contributed by atoms with Crippen LogP contribution < -0.4 is 21.9 Å². The van der Waals surface area contributed by atoms with Crippen molar-refractivity contribution in [1.82, 2.24) is 9.55 Å². The number of carbonyl (C=O) groups is 2. The zero-order chi connectivity index (χ0) is 24.7. The number of methoxy groups -OCH3 is 1. The van der Waals surface area contributed by atoms with Crippen LogP contribution in [0.15, 0.2) is 64.2 Å². The average Bonchev–Trinajstić information content (AvgIpc) is 2.84. The Morgan fingerprint density at radius 1 is 1.03 bits per heavy atom. The van der Waals surface area contributed by atoms with E-state index in [0.29, 0.717) is 6.61 Å². The van der Waals surface area contributed by atoms with Crippen molar-refractivity contribution in [1.29, 1.82) is 0 Å². The van der Waals surface area contributed by atoms with E-state index in [0.717, 1.165) is 16.0 Å². The van der Waals surface area contributed by atoms with Crippen LogP contribution in [-0.4, -0.2) is 41.7 Å². The van der Waals surface area contributed by atoms with Gasteiger partial charge in [0, 0.05) is 13.7 Å². The van der Waals surface area contributed by atoms with E-state index in [9.17, 15) is 19.2 Å². The van der Waals surface area contributed by atoms with Gasteiger partial charge in [0.1, 0.15) is 5.82 Å². The Hall–Kier alpha value is -4.18. The summed E-state index contributed by atoms with van der Waals surface area (Å²) in [5.74, 6) is -1.51. The van der Waals surface area contributed by atoms with Gasteiger partial charge in [0.15, 0.2) is 12.3 Å². The third kappa shape index (κ3) is 5.59. The molecule has 0 spiro atoms. The molecule has 0 aliphatic rings. The Labute approximate surface area is 195 Å². The summed E-state index contributed by atoms with van der Waals surface area (Å²) >= 11 is 0. The van der Waals surface area contributed by atoms with Gasteiger partial charge in [-0.05, 0) is 30.2 Å². The first kappa shape index (κ1) is 24.5. The van der Waals surface area contributed by atoms with Crippen LogP contribution in [0.4, 0.5) is 11.5 Å². The van der Waals surface area contributed by atoms with Crippen molar-refractivity contribution in [3.05, 3.63) is 92.1 Å². The summed E-state index contributed by atoms with van der Waals surface area (Å²) in [6.07, 6.45) is 0. The number of aromatic nitrogens is 2. The van der Waals surface area contributed by atoms with Crippen molar-refractivity contribution in [2.45, 2.75) is 20.1 Å². The second-order valence-electron chi connectivity index (χ2n) is 7.41. The molecule has 0 saturated carbocycles. The average molecular weight is 466 g/mol. The van der Waals surface area contributed by atoms with Crippen LogP contribution in [0, 0.1) is 0 Å². The van der Waals surface area contributed by atoms with E-state index < -0.39 is 29.7 Å². The molecule has 1 heterocycles. The monoisotopic (exact) mass is 466 g/mol. The molecular formula is C24H26N4O6. The molecule has 10 heteroatoms. The molecule has 0 fully saturated rings. The largest absolute Gasteiger partial charge is 0.452 e. The number of rotatable bonds is 9. The summed E-state index contributed by atoms with van der Waals surface area (Å²) in [6.45, 7) is 1.61. The Kier molecular flexibility index (Phi) is 7.99. The van der Waals surface area contributed by atoms with Gasteiger partial charge in [0.05, 0.1) is 18.7 Å². The van der Waals surface area contributed by atoms with Gasteiger partial charge in [0.2, 0.25) is 0 Å². The highest BCUT2D eigenvalue weighted by molar-refractivity contribution is 5.98. The number of likely N-dealkylation sites (N-methyl/N-ethyl adjacent to an activating group) is 1. The van der Waals surface area contributed by atoms with E-state index in [-0.39, 0.29) is 30.2 Å². The van der Waals surface area contributed by atoms with Crippen LogP contribution in [0.5, 0.6) is 0 Å². The van der Waals surface area contributed by atoms with Crippen LogP contribution in [0.2, 0.25) is 0 Å². The molecule has 3 aromatic rings. The molecule has 2 aromatic carbocycles. The van der Waals surface area contributed by atoms with Gasteiger partial charge in [-0.1, -0.05) is 42.5 Å². The van der Waals surface area contributed by atoms with E-state index in [1.54, 1.807) is 50.4 Å². The van der Waals surface area contributed by atoms with Gasteiger partial charge in [-0.3, -0.25) is 19.1 Å². The second-order valence-corrected chi connectivity index (χ2v) is 7.41. The third-order valence-corrected chi connectivity index (χ3v) is 5.11. The number of aromatic amines is 1. The number of H-pyrrole nitrogens is 1. The zero-order valence-electron chi connectivity index (χ0n) is 18.9. The van der Waals surface area contributed by atoms with Gasteiger partial charge in [-0.25, -0.2) is 9.59 Å². The predicted molar refractivity (Wildman–Crippen MR) is 127 cm³/mol. The topological polar surface area (TPSA) is 137 Å². The minimum Gasteiger partial charge on any atom is -0.452 e. The lowest BCUT2D eigenvalue weighted by molar-refractivity contribution is -0.121. The highest BCUT2D eigenvalue weighted by atomic mass is 16.5. The highest BCUT2D eigenvalue weighted by Gasteiger charge is 2.24. The molecule has 0 unspecified atom stereocenters. The first-order valence-corrected chi connectivity index (χ1v) is 10.6. The van der Waals surface area contributed by atoms with Gasteiger partial charge in [-0.2, -0.15) is 0 Å². The lowest BCUT2D eigenvalue weighted by atomic mass is 10.1. The van der Waals surface area contributed by atoms with Crippen molar-refractivity contribution in [2.75, 3.05) is 30.9 Å². The number of amides is 1. The summed E-state index contributed by atoms with van der Waals surface area (Å²) in [4.78, 5) is 53.4. The Bertz CT molecular complexity index is 1270. The number of hydrogen-bond acceptors (Lipinski definition) is 7. The Balaban J connectivity index is 1.79. The van der Waals surface area contributed by atoms with Crippen molar-refractivity contribution < 1.29 is 19.1 Å². The van der Waals surface area contributed by atoms with Crippen LogP contribution in [0.1, 0.15) is 28.4 Å². The number of nitrogens with zero attached hydrogens (tertiary/aromatic N) is 2. The fourth-order valence-electron chi connectivity index (χ4n) is 3.41. The SMILES string of the molecule is CCN(C(=O)COC(=O)c1ccc(COC)cc1)c1c(N)n(Cc2ccccc2)c(=O)[nH]c1=O. The van der Waals surface area contributed by atoms with Crippen LogP contribution >= 0.6 is 0 Å². The maximum absolute atomic E-state index is 12.8. The standard InChI is InChI=1S/C24H26N4O6/c1-3-27(19(29)15-34-23(31)18-11-9-17(10-12-18)14-33-2)20-21(25)28(24(32)26-22(20)30)13-16-7-5-4-6-8-16/h4-12H,3,13-15,25H2,1-2H3,(H,26,30,32). The molecule has 34 heavy (non-hydrogen) atoms. The summed E-state index contributed by atoms with van der Waals surface area (Å²) in [5.41, 5.74) is 6.43. The van der Waals surface area contributed by atoms with Gasteiger partial charge in [0.25, 0.3) is 11.5 Å². The minimum atomic E-state index is -0.804. The molecular weight excluding hydrogens is 440 g/mol. The number of nitrogen functional groups attached to an aromatic ring is 1. The molecule has 0 bridgehead atoms. The van der Waals surface area contributed by atoms with Gasteiger partial charge < -0.3 is 20.1 Å². The number of benzene rings is 2. The first-order valence-electron chi connectivity index (χ1n) is 10.6. The molecule has 0 aliphatic carbocycles. The fraction of sp³-hybridized carbons (Fsp3) is 0.250. The van der Waals surface area contributed by atoms with E-state index in [4.69, 9.17) is 15.2 Å². The summed E-state index contributed by atoms with van der Waals surface area (Å²) in [7, 11) is 1.57. The van der Waals surface area contributed by atoms with Crippen molar-refractivity contribution in [3.8, 4) is 0 Å². The second kappa shape index (κ2) is 11.1. The van der Waals surface area contributed by atoms with Crippen molar-refractivity contribution in [3.63, 3.8) is 0 Å². The van der Waals surface area contributed by atoms with E-state index in [1.165, 1.54) is 4.57 Å². The van der Waals surface area contributed by atoms with E-state index >= 15 is 0 Å². The number of nitrogens with one attached hydrogen (secondary N) is 1. The van der Waals surface area contributed by atoms with E-state index in [1.807, 2.05) is 18.2 Å². The van der Waals surface area contributed by atoms with Gasteiger partial charge >= 0.3 is 11.7 Å². The molecule has 0 saturated heterocycles. The van der Waals surface area contributed by atoms with Crippen LogP contribution in [0.3, 0.4) is 0 Å². The number of esters is 1. The smallest absolute Gasteiger partial charge is 0.338 e. The highest BCUT2D eigenvalue weighted by Crippen LogP contribution is 2.18. The molecule has 0 radical (unpaired) electrons. The number of ether oxygens (including phenoxy) is 2. The maximum atomic E-state index is 12.8. The number of hydrogen-bond donors (Lipinski definition) is 2. The lowest BCUT2D eigenvalue weighted by Crippen LogP contribution is -2.42. The summed E-state index contributed by atoms with van der Waals surface area (Å²) in [5, 5.41) is 0. The molecule has 1 amide bonds. The van der Waals surface area contributed by atoms with Crippen molar-refractivity contribution in [2.24, 2.45) is 0 Å². The molecule has 1 aromatic heterocycles. The summed E-state index contributed by atoms with van der Waals surface area (Å²) < 4.78 is 11.3. The summed E-state index contributed by atoms with van der Waals surface area (Å²) in [6, 6.07) is 15.6. The number of nitrogens with two attached hydrogens (primary N) is 1. The fourth-order valence-corrected chi connectivity index (χ4v) is 3.41. The molecule has 3 rings (SSSR count). The predicted octanol–water partition coefficient (Wildman–Crippen LogP) is 1.52. The quantitative estimate of drug-likeness (QED) is 0.456. The Morgan fingerprint density at radius 2 is 1.71 bits per heavy atom. The van der Waals surface area contributed by atoms with Crippen LogP contribution in [-0.2, 0) is 27.4 Å². The third-order valence-electron chi connectivity index (χ3n) is 5.11. The van der Waals surface area contributed by atoms with Crippen molar-refractivity contribution >= 4 is 23.4 Å². The number of anilines is 2. The molecule has 0 atom stereocenters. The first-order chi connectivity index (χ1) is 16.3. The number of carbonyl (C=O) groups excluding carboxylic acids is 2. The van der Waals surface area contributed by atoms with Crippen LogP contribution in [0.25, 0.3) is 0 Å². The molecule has 0 aliphatic heterocycles. The zero-order valence-corrected chi connectivity index (χ0v) is 18.9. The normalized spacial score (nSPS) is 10.6. The van der Waals surface area contributed by atoms with Gasteiger partial charge in [-0.15, -0.1) is 0 Å².